The van der Waals surface area contributed by atoms with Gasteiger partial charge in [0, 0.05) is 24.7 Å². The number of nitro groups is 1. The van der Waals surface area contributed by atoms with Gasteiger partial charge in [-0.3, -0.25) is 10.1 Å². The predicted octanol–water partition coefficient (Wildman–Crippen LogP) is 3.64. The molecule has 0 saturated carbocycles. The van der Waals surface area contributed by atoms with E-state index in [1.165, 1.54) is 36.4 Å². The molecule has 0 bridgehead atoms. The van der Waals surface area contributed by atoms with Crippen molar-refractivity contribution in [2.24, 2.45) is 0 Å². The van der Waals surface area contributed by atoms with E-state index in [4.69, 9.17) is 4.74 Å². The van der Waals surface area contributed by atoms with Gasteiger partial charge in [-0.1, -0.05) is 25.8 Å². The monoisotopic (exact) mass is 422 g/mol. The molecule has 9 nitrogen and oxygen atoms in total. The van der Waals surface area contributed by atoms with Crippen LogP contribution in [0.3, 0.4) is 0 Å². The summed E-state index contributed by atoms with van der Waals surface area (Å²) in [6.07, 6.45) is 2.65. The topological polar surface area (TPSA) is 125 Å². The number of hydrogen-bond donors (Lipinski definition) is 1. The number of unbranched alkanes of at least 4 members (excludes halogenated alkanes) is 2. The van der Waals surface area contributed by atoms with Crippen molar-refractivity contribution >= 4 is 21.7 Å². The van der Waals surface area contributed by atoms with Crippen LogP contribution in [0.4, 0.5) is 5.69 Å². The highest BCUT2D eigenvalue weighted by atomic mass is 32.2. The first kappa shape index (κ1) is 22.3. The summed E-state index contributed by atoms with van der Waals surface area (Å²) in [6.45, 7) is 2.37. The largest absolute Gasteiger partial charge is 0.465 e. The van der Waals surface area contributed by atoms with Gasteiger partial charge in [0.2, 0.25) is 10.0 Å². The van der Waals surface area contributed by atoms with Gasteiger partial charge in [0.05, 0.1) is 16.9 Å². The summed E-state index contributed by atoms with van der Waals surface area (Å²) in [7, 11) is -2.58. The van der Waals surface area contributed by atoms with Crippen LogP contribution in [0.2, 0.25) is 0 Å². The van der Waals surface area contributed by atoms with Gasteiger partial charge in [-0.2, -0.15) is 0 Å². The van der Waals surface area contributed by atoms with Gasteiger partial charge in [-0.15, -0.1) is 0 Å². The molecule has 2 aromatic rings. The van der Waals surface area contributed by atoms with Crippen molar-refractivity contribution in [2.45, 2.75) is 31.1 Å². The number of carbonyl (C=O) groups excluding carboxylic acids is 1. The summed E-state index contributed by atoms with van der Waals surface area (Å²) in [5, 5.41) is 11.1. The number of nitrogens with one attached hydrogen (secondary N) is 1. The lowest BCUT2D eigenvalue weighted by Crippen LogP contribution is -2.24. The third kappa shape index (κ3) is 6.00. The molecule has 156 valence electrons. The Balaban J connectivity index is 2.24. The Labute approximate surface area is 168 Å². The van der Waals surface area contributed by atoms with Gasteiger partial charge in [0.25, 0.3) is 5.69 Å². The number of esters is 1. The molecule has 2 rings (SSSR count). The molecule has 0 heterocycles. The van der Waals surface area contributed by atoms with Crippen molar-refractivity contribution in [1.29, 1.82) is 0 Å². The highest BCUT2D eigenvalue weighted by Crippen LogP contribution is 2.29. The van der Waals surface area contributed by atoms with Gasteiger partial charge in [0.15, 0.2) is 0 Å². The second-order valence-electron chi connectivity index (χ2n) is 6.11. The maximum absolute atomic E-state index is 12.4. The number of nitrogens with zero attached hydrogens (tertiary/aromatic N) is 1. The van der Waals surface area contributed by atoms with Crippen LogP contribution < -0.4 is 9.46 Å². The smallest absolute Gasteiger partial charge is 0.345 e. The molecule has 0 aliphatic rings. The fourth-order valence-corrected chi connectivity index (χ4v) is 3.63. The lowest BCUT2D eigenvalue weighted by atomic mass is 10.1. The molecule has 29 heavy (non-hydrogen) atoms. The molecule has 0 aromatic heterocycles. The quantitative estimate of drug-likeness (QED) is 0.268. The number of carbonyl (C=O) groups is 1. The summed E-state index contributed by atoms with van der Waals surface area (Å²) in [4.78, 5) is 22.2. The standard InChI is InChI=1S/C19H22N2O7S/c1-3-4-5-11-20-29(25,26)16-8-6-7-14(12-16)28-15-9-10-18(21(23)24)17(13-15)19(22)27-2/h6-10,12-13,20H,3-5,11H2,1-2H3. The van der Waals surface area contributed by atoms with Crippen LogP contribution in [0, 0.1) is 10.1 Å². The van der Waals surface area contributed by atoms with E-state index in [2.05, 4.69) is 9.46 Å². The van der Waals surface area contributed by atoms with E-state index in [1.807, 2.05) is 6.92 Å². The van der Waals surface area contributed by atoms with E-state index in [9.17, 15) is 23.3 Å². The molecule has 10 heteroatoms. The second kappa shape index (κ2) is 9.99. The van der Waals surface area contributed by atoms with Crippen LogP contribution >= 0.6 is 0 Å². The summed E-state index contributed by atoms with van der Waals surface area (Å²) in [5.41, 5.74) is -0.687. The van der Waals surface area contributed by atoms with Crippen molar-refractivity contribution in [3.8, 4) is 11.5 Å². The summed E-state index contributed by atoms with van der Waals surface area (Å²) < 4.78 is 37.5. The Morgan fingerprint density at radius 1 is 1.14 bits per heavy atom. The molecule has 0 radical (unpaired) electrons. The molecule has 0 aliphatic heterocycles. The molecule has 0 atom stereocenters. The normalized spacial score (nSPS) is 11.1. The molecular weight excluding hydrogens is 400 g/mol. The second-order valence-corrected chi connectivity index (χ2v) is 7.88. The van der Waals surface area contributed by atoms with Gasteiger partial charge in [0.1, 0.15) is 17.1 Å². The lowest BCUT2D eigenvalue weighted by Gasteiger charge is -2.10. The van der Waals surface area contributed by atoms with Crippen molar-refractivity contribution < 1.29 is 27.6 Å². The fourth-order valence-electron chi connectivity index (χ4n) is 2.52. The number of sulfonamides is 1. The first-order valence-corrected chi connectivity index (χ1v) is 10.4. The molecular formula is C19H22N2O7S. The van der Waals surface area contributed by atoms with Crippen LogP contribution in [0.15, 0.2) is 47.4 Å². The van der Waals surface area contributed by atoms with E-state index in [0.29, 0.717) is 6.54 Å². The maximum Gasteiger partial charge on any atom is 0.345 e. The summed E-state index contributed by atoms with van der Waals surface area (Å²) in [5.74, 6) is -0.553. The van der Waals surface area contributed by atoms with E-state index in [1.54, 1.807) is 0 Å². The minimum atomic E-state index is -3.69. The van der Waals surface area contributed by atoms with Crippen LogP contribution in [-0.4, -0.2) is 33.0 Å². The third-order valence-corrected chi connectivity index (χ3v) is 5.45. The minimum Gasteiger partial charge on any atom is -0.465 e. The van der Waals surface area contributed by atoms with Crippen LogP contribution in [0.1, 0.15) is 36.5 Å². The first-order chi connectivity index (χ1) is 13.8. The van der Waals surface area contributed by atoms with Crippen molar-refractivity contribution in [3.63, 3.8) is 0 Å². The Kier molecular flexibility index (Phi) is 7.68. The van der Waals surface area contributed by atoms with E-state index < -0.39 is 26.6 Å². The Morgan fingerprint density at radius 2 is 1.86 bits per heavy atom. The average Bonchev–Trinajstić information content (AvgIpc) is 2.70. The van der Waals surface area contributed by atoms with Crippen LogP contribution in [0.5, 0.6) is 11.5 Å². The first-order valence-electron chi connectivity index (χ1n) is 8.93. The maximum atomic E-state index is 12.4. The number of benzene rings is 2. The van der Waals surface area contributed by atoms with Crippen molar-refractivity contribution in [1.82, 2.24) is 4.72 Å². The Morgan fingerprint density at radius 3 is 2.52 bits per heavy atom. The molecule has 2 aromatic carbocycles. The molecule has 0 aliphatic carbocycles. The highest BCUT2D eigenvalue weighted by Gasteiger charge is 2.22. The number of rotatable bonds is 10. The predicted molar refractivity (Wildman–Crippen MR) is 106 cm³/mol. The fraction of sp³-hybridized carbons (Fsp3) is 0.316. The van der Waals surface area contributed by atoms with E-state index in [0.717, 1.165) is 32.4 Å². The summed E-state index contributed by atoms with van der Waals surface area (Å²) >= 11 is 0. The zero-order valence-electron chi connectivity index (χ0n) is 16.1. The van der Waals surface area contributed by atoms with Crippen LogP contribution in [-0.2, 0) is 14.8 Å². The van der Waals surface area contributed by atoms with Gasteiger partial charge < -0.3 is 9.47 Å². The Hall–Kier alpha value is -2.98. The average molecular weight is 422 g/mol. The van der Waals surface area contributed by atoms with E-state index in [-0.39, 0.29) is 22.0 Å². The number of methoxy groups -OCH3 is 1. The number of ether oxygens (including phenoxy) is 2. The van der Waals surface area contributed by atoms with Crippen LogP contribution in [0.25, 0.3) is 0 Å². The van der Waals surface area contributed by atoms with Gasteiger partial charge in [-0.05, 0) is 24.6 Å². The third-order valence-electron chi connectivity index (χ3n) is 3.99. The minimum absolute atomic E-state index is 0.0293. The summed E-state index contributed by atoms with van der Waals surface area (Å²) in [6, 6.07) is 9.43. The molecule has 0 amide bonds. The van der Waals surface area contributed by atoms with Gasteiger partial charge in [-0.25, -0.2) is 17.9 Å². The lowest BCUT2D eigenvalue weighted by molar-refractivity contribution is -0.385. The molecule has 0 spiro atoms. The van der Waals surface area contributed by atoms with Crippen molar-refractivity contribution in [2.75, 3.05) is 13.7 Å². The molecule has 0 fully saturated rings. The highest BCUT2D eigenvalue weighted by molar-refractivity contribution is 7.89. The number of nitro benzene ring substituents is 1. The zero-order valence-corrected chi connectivity index (χ0v) is 16.9. The van der Waals surface area contributed by atoms with E-state index >= 15 is 0 Å². The molecule has 0 saturated heterocycles. The zero-order chi connectivity index (χ0) is 21.4. The molecule has 1 N–H and O–H groups in total. The Bertz CT molecular complexity index is 990. The number of hydrogen-bond acceptors (Lipinski definition) is 7. The molecule has 0 unspecified atom stereocenters. The SMILES string of the molecule is CCCCCNS(=O)(=O)c1cccc(Oc2ccc([N+](=O)[O-])c(C(=O)OC)c2)c1. The van der Waals surface area contributed by atoms with Crippen molar-refractivity contribution in [3.05, 3.63) is 58.1 Å². The van der Waals surface area contributed by atoms with Gasteiger partial charge >= 0.3 is 5.97 Å².